The lowest BCUT2D eigenvalue weighted by atomic mass is 10.6. The van der Waals surface area contributed by atoms with Crippen LogP contribution in [-0.2, 0) is 4.79 Å². The van der Waals surface area contributed by atoms with E-state index in [4.69, 9.17) is 0 Å². The Morgan fingerprint density at radius 1 is 1.44 bits per heavy atom. The fourth-order valence-electron chi connectivity index (χ4n) is 0.508. The van der Waals surface area contributed by atoms with Crippen LogP contribution in [0.1, 0.15) is 13.8 Å². The maximum atomic E-state index is 9.72. The lowest BCUT2D eigenvalue weighted by Gasteiger charge is -2.11. The second-order valence-electron chi connectivity index (χ2n) is 1.59. The average molecular weight is 128 g/mol. The molecule has 0 radical (unpaired) electrons. The van der Waals surface area contributed by atoms with E-state index < -0.39 is 0 Å². The number of hydrogen-bond donors (Lipinski definition) is 0. The van der Waals surface area contributed by atoms with Crippen molar-refractivity contribution >= 4 is 12.7 Å². The van der Waals surface area contributed by atoms with Crippen molar-refractivity contribution in [3.8, 4) is 0 Å². The van der Waals surface area contributed by atoms with Gasteiger partial charge in [-0.3, -0.25) is 4.79 Å². The molecule has 0 rings (SSSR count). The van der Waals surface area contributed by atoms with Gasteiger partial charge in [-0.1, -0.05) is 0 Å². The summed E-state index contributed by atoms with van der Waals surface area (Å²) >= 11 is 0. The Morgan fingerprint density at radius 3 is 2.33 bits per heavy atom. The van der Waals surface area contributed by atoms with Crippen LogP contribution in [0.15, 0.2) is 4.99 Å². The molecule has 9 heavy (non-hydrogen) atoms. The summed E-state index contributed by atoms with van der Waals surface area (Å²) in [5, 5.41) is 0. The van der Waals surface area contributed by atoms with E-state index in [1.54, 1.807) is 6.34 Å². The lowest BCUT2D eigenvalue weighted by molar-refractivity contribution is -0.106. The number of amides is 1. The number of rotatable bonds is 4. The summed E-state index contributed by atoms with van der Waals surface area (Å²) in [6.07, 6.45) is 2.09. The zero-order chi connectivity index (χ0) is 7.11. The topological polar surface area (TPSA) is 32.7 Å². The van der Waals surface area contributed by atoms with Crippen molar-refractivity contribution < 1.29 is 4.79 Å². The maximum Gasteiger partial charge on any atom is 0.234 e. The SMILES string of the molecule is CCN(C=NC=O)CC. The van der Waals surface area contributed by atoms with E-state index in [2.05, 4.69) is 4.99 Å². The van der Waals surface area contributed by atoms with Gasteiger partial charge in [-0.2, -0.15) is 0 Å². The third kappa shape index (κ3) is 3.70. The molecule has 0 N–H and O–H groups in total. The standard InChI is InChI=1S/C6H12N2O/c1-3-8(4-2)5-7-6-9/h5-6H,3-4H2,1-2H3. The van der Waals surface area contributed by atoms with Gasteiger partial charge in [-0.15, -0.1) is 0 Å². The molecule has 0 aromatic carbocycles. The van der Waals surface area contributed by atoms with Crippen molar-refractivity contribution in [2.24, 2.45) is 4.99 Å². The smallest absolute Gasteiger partial charge is 0.234 e. The number of carbonyl (C=O) groups is 1. The van der Waals surface area contributed by atoms with Gasteiger partial charge >= 0.3 is 0 Å². The van der Waals surface area contributed by atoms with E-state index >= 15 is 0 Å². The molecule has 0 spiro atoms. The first-order chi connectivity index (χ1) is 4.35. The van der Waals surface area contributed by atoms with E-state index in [1.165, 1.54) is 0 Å². The molecule has 0 atom stereocenters. The van der Waals surface area contributed by atoms with Crippen molar-refractivity contribution in [1.29, 1.82) is 0 Å². The monoisotopic (exact) mass is 128 g/mol. The van der Waals surface area contributed by atoms with Gasteiger partial charge in [0.15, 0.2) is 0 Å². The minimum atomic E-state index is 0.540. The van der Waals surface area contributed by atoms with Crippen LogP contribution in [-0.4, -0.2) is 30.7 Å². The van der Waals surface area contributed by atoms with Gasteiger partial charge in [-0.05, 0) is 13.8 Å². The third-order valence-electron chi connectivity index (χ3n) is 1.10. The molecule has 0 aromatic heterocycles. The molecule has 0 heterocycles. The molecule has 0 bridgehead atoms. The van der Waals surface area contributed by atoms with Crippen molar-refractivity contribution in [3.05, 3.63) is 0 Å². The van der Waals surface area contributed by atoms with Crippen LogP contribution in [0.2, 0.25) is 0 Å². The Hall–Kier alpha value is -0.860. The molecular formula is C6H12N2O. The second-order valence-corrected chi connectivity index (χ2v) is 1.59. The van der Waals surface area contributed by atoms with Crippen molar-refractivity contribution in [2.75, 3.05) is 13.1 Å². The van der Waals surface area contributed by atoms with Crippen molar-refractivity contribution in [1.82, 2.24) is 4.90 Å². The average Bonchev–Trinajstić information content (AvgIpc) is 1.91. The second kappa shape index (κ2) is 5.28. The predicted octanol–water partition coefficient (Wildman–Crippen LogP) is 0.513. The quantitative estimate of drug-likeness (QED) is 0.314. The molecular weight excluding hydrogens is 116 g/mol. The fraction of sp³-hybridized carbons (Fsp3) is 0.667. The molecule has 0 aliphatic rings. The zero-order valence-electron chi connectivity index (χ0n) is 5.87. The van der Waals surface area contributed by atoms with Crippen LogP contribution in [0.5, 0.6) is 0 Å². The number of nitrogens with zero attached hydrogens (tertiary/aromatic N) is 2. The minimum Gasteiger partial charge on any atom is -0.363 e. The molecule has 0 aliphatic heterocycles. The summed E-state index contributed by atoms with van der Waals surface area (Å²) in [6, 6.07) is 0. The number of carbonyl (C=O) groups excluding carboxylic acids is 1. The Labute approximate surface area is 55.4 Å². The van der Waals surface area contributed by atoms with Gasteiger partial charge in [-0.25, -0.2) is 4.99 Å². The Kier molecular flexibility index (Phi) is 4.78. The summed E-state index contributed by atoms with van der Waals surface area (Å²) in [7, 11) is 0. The summed E-state index contributed by atoms with van der Waals surface area (Å²) < 4.78 is 0. The van der Waals surface area contributed by atoms with Crippen molar-refractivity contribution in [3.63, 3.8) is 0 Å². The first-order valence-corrected chi connectivity index (χ1v) is 3.06. The van der Waals surface area contributed by atoms with E-state index in [0.717, 1.165) is 13.1 Å². The van der Waals surface area contributed by atoms with Crippen LogP contribution >= 0.6 is 0 Å². The third-order valence-corrected chi connectivity index (χ3v) is 1.10. The molecule has 0 saturated carbocycles. The fourth-order valence-corrected chi connectivity index (χ4v) is 0.508. The highest BCUT2D eigenvalue weighted by atomic mass is 16.1. The van der Waals surface area contributed by atoms with Crippen LogP contribution in [0, 0.1) is 0 Å². The maximum absolute atomic E-state index is 9.72. The summed E-state index contributed by atoms with van der Waals surface area (Å²) in [4.78, 5) is 15.1. The number of hydrogen-bond acceptors (Lipinski definition) is 1. The normalized spacial score (nSPS) is 10.0. The minimum absolute atomic E-state index is 0.540. The molecule has 52 valence electrons. The van der Waals surface area contributed by atoms with E-state index in [9.17, 15) is 4.79 Å². The van der Waals surface area contributed by atoms with E-state index in [1.807, 2.05) is 18.7 Å². The van der Waals surface area contributed by atoms with Crippen LogP contribution in [0.25, 0.3) is 0 Å². The highest BCUT2D eigenvalue weighted by Crippen LogP contribution is 1.78. The number of aliphatic imine (C=N–C) groups is 1. The zero-order valence-corrected chi connectivity index (χ0v) is 5.87. The van der Waals surface area contributed by atoms with E-state index in [-0.39, 0.29) is 0 Å². The molecule has 1 amide bonds. The molecule has 0 aromatic rings. The molecule has 3 nitrogen and oxygen atoms in total. The first kappa shape index (κ1) is 8.14. The molecule has 3 heteroatoms. The Bertz CT molecular complexity index is 97.2. The van der Waals surface area contributed by atoms with Gasteiger partial charge in [0.25, 0.3) is 0 Å². The molecule has 0 aliphatic carbocycles. The molecule has 0 unspecified atom stereocenters. The molecule has 0 fully saturated rings. The van der Waals surface area contributed by atoms with Gasteiger partial charge in [0.2, 0.25) is 6.41 Å². The van der Waals surface area contributed by atoms with Gasteiger partial charge in [0.1, 0.15) is 0 Å². The largest absolute Gasteiger partial charge is 0.363 e. The summed E-state index contributed by atoms with van der Waals surface area (Å²) in [5.41, 5.74) is 0. The summed E-state index contributed by atoms with van der Waals surface area (Å²) in [5.74, 6) is 0. The van der Waals surface area contributed by atoms with Crippen molar-refractivity contribution in [2.45, 2.75) is 13.8 Å². The van der Waals surface area contributed by atoms with Gasteiger partial charge < -0.3 is 4.90 Å². The Balaban J connectivity index is 3.53. The highest BCUT2D eigenvalue weighted by molar-refractivity contribution is 5.67. The van der Waals surface area contributed by atoms with Crippen LogP contribution < -0.4 is 0 Å². The van der Waals surface area contributed by atoms with Crippen LogP contribution in [0.4, 0.5) is 0 Å². The molecule has 0 saturated heterocycles. The summed E-state index contributed by atoms with van der Waals surface area (Å²) in [6.45, 7) is 5.82. The van der Waals surface area contributed by atoms with E-state index in [0.29, 0.717) is 6.41 Å². The van der Waals surface area contributed by atoms with Gasteiger partial charge in [0.05, 0.1) is 6.34 Å². The highest BCUT2D eigenvalue weighted by Gasteiger charge is 1.87. The Morgan fingerprint density at radius 2 is 2.00 bits per heavy atom. The first-order valence-electron chi connectivity index (χ1n) is 3.06. The predicted molar refractivity (Wildman–Crippen MR) is 37.5 cm³/mol. The van der Waals surface area contributed by atoms with Gasteiger partial charge in [0, 0.05) is 13.1 Å². The van der Waals surface area contributed by atoms with Crippen LogP contribution in [0.3, 0.4) is 0 Å². The lowest BCUT2D eigenvalue weighted by Crippen LogP contribution is -2.20.